The van der Waals surface area contributed by atoms with E-state index < -0.39 is 0 Å². The molecule has 4 rings (SSSR count). The molecule has 0 aliphatic carbocycles. The average molecular weight is 364 g/mol. The number of hydrogen-bond acceptors (Lipinski definition) is 0. The van der Waals surface area contributed by atoms with Gasteiger partial charge in [0.1, 0.15) is 0 Å². The van der Waals surface area contributed by atoms with Crippen molar-refractivity contribution >= 4 is 39.0 Å². The van der Waals surface area contributed by atoms with Crippen LogP contribution < -0.4 is 0 Å². The maximum atomic E-state index is 4.05. The van der Waals surface area contributed by atoms with Crippen LogP contribution in [-0.4, -0.2) is 4.57 Å². The first-order valence-electron chi connectivity index (χ1n) is 7.74. The van der Waals surface area contributed by atoms with Gasteiger partial charge < -0.3 is 4.57 Å². The maximum Gasteiger partial charge on any atom is 0.0582 e. The van der Waals surface area contributed by atoms with Gasteiger partial charge in [-0.25, -0.2) is 0 Å². The lowest BCUT2D eigenvalue weighted by Crippen LogP contribution is -2.26. The molecule has 0 spiro atoms. The Morgan fingerprint density at radius 1 is 1.04 bits per heavy atom. The molecular formula is C21H18BrN. The Balaban J connectivity index is 2.35. The second kappa shape index (κ2) is 4.72. The van der Waals surface area contributed by atoms with Crippen LogP contribution in [0.4, 0.5) is 0 Å². The van der Waals surface area contributed by atoms with Crippen molar-refractivity contribution in [2.45, 2.75) is 19.3 Å². The Bertz CT molecular complexity index is 989. The topological polar surface area (TPSA) is 4.93 Å². The first-order valence-corrected chi connectivity index (χ1v) is 8.53. The summed E-state index contributed by atoms with van der Waals surface area (Å²) in [5.41, 5.74) is 7.37. The quantitative estimate of drug-likeness (QED) is 0.502. The molecule has 0 saturated carbocycles. The van der Waals surface area contributed by atoms with Gasteiger partial charge in [0.25, 0.3) is 0 Å². The van der Waals surface area contributed by atoms with E-state index in [1.54, 1.807) is 0 Å². The molecule has 0 fully saturated rings. The number of nitrogens with zero attached hydrogens (tertiary/aromatic N) is 1. The zero-order chi connectivity index (χ0) is 16.4. The Morgan fingerprint density at radius 3 is 2.48 bits per heavy atom. The molecule has 0 N–H and O–H groups in total. The van der Waals surface area contributed by atoms with Crippen LogP contribution in [0.3, 0.4) is 0 Å². The predicted molar refractivity (Wildman–Crippen MR) is 103 cm³/mol. The highest BCUT2D eigenvalue weighted by atomic mass is 79.9. The summed E-state index contributed by atoms with van der Waals surface area (Å²) in [5.74, 6) is 0. The number of hydrogen-bond donors (Lipinski definition) is 0. The normalized spacial score (nSPS) is 14.6. The van der Waals surface area contributed by atoms with Crippen LogP contribution in [0.5, 0.6) is 0 Å². The first-order chi connectivity index (χ1) is 11.0. The summed E-state index contributed by atoms with van der Waals surface area (Å²) < 4.78 is 3.44. The van der Waals surface area contributed by atoms with Crippen molar-refractivity contribution < 1.29 is 0 Å². The molecule has 3 aromatic rings. The van der Waals surface area contributed by atoms with Gasteiger partial charge in [0.05, 0.1) is 16.9 Å². The molecule has 2 heterocycles. The summed E-state index contributed by atoms with van der Waals surface area (Å²) in [6, 6.07) is 13.1. The molecule has 1 nitrogen and oxygen atoms in total. The van der Waals surface area contributed by atoms with Crippen molar-refractivity contribution in [2.75, 3.05) is 0 Å². The molecule has 0 radical (unpaired) electrons. The fourth-order valence-electron chi connectivity index (χ4n) is 3.91. The van der Waals surface area contributed by atoms with Crippen molar-refractivity contribution in [3.8, 4) is 5.69 Å². The SMILES string of the molecule is C=Cc1c(C=C)n2c3c(cc(Br)cc13)C(C)(C)c1ccccc1-2. The smallest absolute Gasteiger partial charge is 0.0582 e. The van der Waals surface area contributed by atoms with Gasteiger partial charge in [-0.3, -0.25) is 0 Å². The number of aromatic nitrogens is 1. The van der Waals surface area contributed by atoms with E-state index in [1.807, 2.05) is 12.2 Å². The van der Waals surface area contributed by atoms with E-state index in [2.05, 4.69) is 83.9 Å². The van der Waals surface area contributed by atoms with Crippen LogP contribution >= 0.6 is 15.9 Å². The molecule has 2 heteroatoms. The average Bonchev–Trinajstić information content (AvgIpc) is 2.86. The zero-order valence-corrected chi connectivity index (χ0v) is 14.9. The standard InChI is InChI=1S/C21H18BrN/c1-5-14-15-11-13(22)12-17-20(15)23(18(14)6-2)19-10-8-7-9-16(19)21(17,3)4/h5-12H,1-2H2,3-4H3. The molecule has 0 bridgehead atoms. The maximum absolute atomic E-state index is 4.05. The molecular weight excluding hydrogens is 346 g/mol. The highest BCUT2D eigenvalue weighted by Crippen LogP contribution is 2.48. The van der Waals surface area contributed by atoms with Crippen LogP contribution in [0.25, 0.3) is 28.7 Å². The summed E-state index contributed by atoms with van der Waals surface area (Å²) in [4.78, 5) is 0. The van der Waals surface area contributed by atoms with E-state index in [0.717, 1.165) is 15.7 Å². The molecule has 1 aliphatic rings. The van der Waals surface area contributed by atoms with Crippen molar-refractivity contribution in [3.63, 3.8) is 0 Å². The molecule has 0 atom stereocenters. The third-order valence-electron chi connectivity index (χ3n) is 4.99. The first kappa shape index (κ1) is 14.5. The van der Waals surface area contributed by atoms with Crippen LogP contribution in [0, 0.1) is 0 Å². The molecule has 1 aliphatic heterocycles. The van der Waals surface area contributed by atoms with E-state index in [9.17, 15) is 0 Å². The lowest BCUT2D eigenvalue weighted by molar-refractivity contribution is 0.628. The monoisotopic (exact) mass is 363 g/mol. The Kier molecular flexibility index (Phi) is 2.98. The third-order valence-corrected chi connectivity index (χ3v) is 5.45. The second-order valence-corrected chi connectivity index (χ2v) is 7.45. The molecule has 0 saturated heterocycles. The van der Waals surface area contributed by atoms with Gasteiger partial charge >= 0.3 is 0 Å². The fourth-order valence-corrected chi connectivity index (χ4v) is 4.37. The Morgan fingerprint density at radius 2 is 1.78 bits per heavy atom. The molecule has 1 aromatic heterocycles. The number of fused-ring (bicyclic) bond motifs is 2. The largest absolute Gasteiger partial charge is 0.309 e. The van der Waals surface area contributed by atoms with Gasteiger partial charge in [-0.1, -0.05) is 67.2 Å². The summed E-state index contributed by atoms with van der Waals surface area (Å²) in [7, 11) is 0. The minimum Gasteiger partial charge on any atom is -0.309 e. The van der Waals surface area contributed by atoms with Crippen molar-refractivity contribution in [3.05, 3.63) is 76.4 Å². The molecule has 114 valence electrons. The number of benzene rings is 2. The van der Waals surface area contributed by atoms with Crippen LogP contribution in [0.15, 0.2) is 54.0 Å². The van der Waals surface area contributed by atoms with E-state index >= 15 is 0 Å². The minimum absolute atomic E-state index is 0.0517. The second-order valence-electron chi connectivity index (χ2n) is 6.53. The summed E-state index contributed by atoms with van der Waals surface area (Å²) in [6.07, 6.45) is 3.87. The third kappa shape index (κ3) is 1.73. The minimum atomic E-state index is -0.0517. The van der Waals surface area contributed by atoms with Crippen molar-refractivity contribution in [2.24, 2.45) is 0 Å². The van der Waals surface area contributed by atoms with Gasteiger partial charge in [0.15, 0.2) is 0 Å². The van der Waals surface area contributed by atoms with Crippen LogP contribution in [-0.2, 0) is 5.41 Å². The van der Waals surface area contributed by atoms with Crippen molar-refractivity contribution in [1.82, 2.24) is 4.57 Å². The fraction of sp³-hybridized carbons (Fsp3) is 0.143. The molecule has 0 amide bonds. The highest BCUT2D eigenvalue weighted by Gasteiger charge is 2.35. The number of rotatable bonds is 2. The van der Waals surface area contributed by atoms with E-state index in [-0.39, 0.29) is 5.41 Å². The van der Waals surface area contributed by atoms with Gasteiger partial charge in [0.2, 0.25) is 0 Å². The summed E-state index contributed by atoms with van der Waals surface area (Å²) in [5, 5.41) is 1.22. The number of halogens is 1. The Labute approximate surface area is 145 Å². The molecule has 2 aromatic carbocycles. The Hall–Kier alpha value is -2.06. The number of para-hydroxylation sites is 1. The zero-order valence-electron chi connectivity index (χ0n) is 13.4. The van der Waals surface area contributed by atoms with E-state index in [4.69, 9.17) is 0 Å². The van der Waals surface area contributed by atoms with Gasteiger partial charge in [-0.2, -0.15) is 0 Å². The van der Waals surface area contributed by atoms with Gasteiger partial charge in [-0.05, 0) is 35.4 Å². The summed E-state index contributed by atoms with van der Waals surface area (Å²) >= 11 is 3.69. The van der Waals surface area contributed by atoms with Gasteiger partial charge in [-0.15, -0.1) is 0 Å². The molecule has 23 heavy (non-hydrogen) atoms. The summed E-state index contributed by atoms with van der Waals surface area (Å²) in [6.45, 7) is 12.7. The van der Waals surface area contributed by atoms with Crippen molar-refractivity contribution in [1.29, 1.82) is 0 Å². The van der Waals surface area contributed by atoms with E-state index in [1.165, 1.54) is 27.7 Å². The van der Waals surface area contributed by atoms with Crippen LogP contribution in [0.1, 0.15) is 36.2 Å². The highest BCUT2D eigenvalue weighted by molar-refractivity contribution is 9.10. The van der Waals surface area contributed by atoms with Gasteiger partial charge in [0, 0.05) is 20.8 Å². The van der Waals surface area contributed by atoms with E-state index in [0.29, 0.717) is 0 Å². The molecule has 0 unspecified atom stereocenters. The lowest BCUT2D eigenvalue weighted by atomic mass is 9.75. The predicted octanol–water partition coefficient (Wildman–Crippen LogP) is 6.32. The lowest BCUT2D eigenvalue weighted by Gasteiger charge is -2.35. The van der Waals surface area contributed by atoms with Crippen LogP contribution in [0.2, 0.25) is 0 Å².